The Morgan fingerprint density at radius 2 is 2.00 bits per heavy atom. The lowest BCUT2D eigenvalue weighted by Crippen LogP contribution is -2.56. The number of rotatable bonds is 5. The lowest BCUT2D eigenvalue weighted by Gasteiger charge is -2.37. The molecular formula is C16H23F3N6O3Si. The number of alkyl halides is 3. The molecule has 29 heavy (non-hydrogen) atoms. The Kier molecular flexibility index (Phi) is 5.94. The van der Waals surface area contributed by atoms with E-state index in [9.17, 15) is 23.4 Å². The topological polar surface area (TPSA) is 118 Å². The van der Waals surface area contributed by atoms with Crippen molar-refractivity contribution in [3.05, 3.63) is 24.2 Å². The summed E-state index contributed by atoms with van der Waals surface area (Å²) in [5.41, 5.74) is -1.11. The molecule has 0 spiro atoms. The molecule has 1 fully saturated rings. The first-order chi connectivity index (χ1) is 13.4. The van der Waals surface area contributed by atoms with Crippen molar-refractivity contribution in [1.82, 2.24) is 25.0 Å². The zero-order chi connectivity index (χ0) is 21.4. The van der Waals surface area contributed by atoms with Gasteiger partial charge in [0.15, 0.2) is 0 Å². The summed E-state index contributed by atoms with van der Waals surface area (Å²) in [5.74, 6) is -0.311. The first-order valence-corrected chi connectivity index (χ1v) is 12.5. The minimum Gasteiger partial charge on any atom is -0.388 e. The Hall–Kier alpha value is -2.09. The molecule has 0 bridgehead atoms. The van der Waals surface area contributed by atoms with Crippen LogP contribution in [0.25, 0.3) is 0 Å². The fourth-order valence-corrected chi connectivity index (χ4v) is 3.72. The zero-order valence-electron chi connectivity index (χ0n) is 16.1. The Balaban J connectivity index is 1.64. The highest BCUT2D eigenvalue weighted by atomic mass is 28.3. The number of halogens is 3. The molecular weight excluding hydrogens is 409 g/mol. The SMILES string of the molecule is C[Si](C)(C)c1cn(C[C@H]2OC[C@H](Nc3nccc(C(F)(F)F)n3)[C@@H](O)[C@H]2O)nn1. The van der Waals surface area contributed by atoms with Crippen LogP contribution in [0.3, 0.4) is 0 Å². The van der Waals surface area contributed by atoms with E-state index in [1.54, 1.807) is 10.9 Å². The highest BCUT2D eigenvalue weighted by molar-refractivity contribution is 6.88. The summed E-state index contributed by atoms with van der Waals surface area (Å²) in [6.45, 7) is 6.51. The van der Waals surface area contributed by atoms with Gasteiger partial charge in [0.2, 0.25) is 5.95 Å². The van der Waals surface area contributed by atoms with Crippen molar-refractivity contribution in [2.24, 2.45) is 0 Å². The summed E-state index contributed by atoms with van der Waals surface area (Å²) in [5, 5.41) is 32.5. The van der Waals surface area contributed by atoms with E-state index in [1.807, 2.05) is 0 Å². The Morgan fingerprint density at radius 3 is 2.62 bits per heavy atom. The van der Waals surface area contributed by atoms with Crippen LogP contribution in [0.5, 0.6) is 0 Å². The standard InChI is InChI=1S/C16H23F3N6O3Si/c1-29(2,3)12-7-25(24-23-12)6-10-14(27)13(26)9(8-28-10)21-15-20-5-4-11(22-15)16(17,18)19/h4-5,7,9-10,13-14,26-27H,6,8H2,1-3H3,(H,20,21,22)/t9-,10+,13+,14-/m0/s1. The lowest BCUT2D eigenvalue weighted by molar-refractivity contribution is -0.145. The predicted octanol–water partition coefficient (Wildman–Crippen LogP) is 0.233. The molecule has 1 saturated heterocycles. The predicted molar refractivity (Wildman–Crippen MR) is 99.2 cm³/mol. The lowest BCUT2D eigenvalue weighted by atomic mass is 9.98. The van der Waals surface area contributed by atoms with E-state index < -0.39 is 44.3 Å². The van der Waals surface area contributed by atoms with Gasteiger partial charge in [0.25, 0.3) is 0 Å². The highest BCUT2D eigenvalue weighted by Gasteiger charge is 2.40. The summed E-state index contributed by atoms with van der Waals surface area (Å²) in [7, 11) is -1.63. The third kappa shape index (κ3) is 5.10. The molecule has 0 radical (unpaired) electrons. The third-order valence-corrected chi connectivity index (χ3v) is 6.33. The molecule has 0 aromatic carbocycles. The maximum absolute atomic E-state index is 12.8. The van der Waals surface area contributed by atoms with Gasteiger partial charge in [-0.2, -0.15) is 13.2 Å². The molecule has 3 N–H and O–H groups in total. The van der Waals surface area contributed by atoms with Gasteiger partial charge in [-0.25, -0.2) is 9.97 Å². The molecule has 0 aliphatic carbocycles. The minimum absolute atomic E-state index is 0.0575. The zero-order valence-corrected chi connectivity index (χ0v) is 17.1. The Morgan fingerprint density at radius 1 is 1.28 bits per heavy atom. The van der Waals surface area contributed by atoms with Crippen LogP contribution in [0.4, 0.5) is 19.1 Å². The average Bonchev–Trinajstić information content (AvgIpc) is 3.10. The van der Waals surface area contributed by atoms with E-state index in [0.717, 1.165) is 17.6 Å². The van der Waals surface area contributed by atoms with E-state index >= 15 is 0 Å². The summed E-state index contributed by atoms with van der Waals surface area (Å²) < 4.78 is 45.5. The Labute approximate surface area is 165 Å². The van der Waals surface area contributed by atoms with Crippen molar-refractivity contribution in [3.8, 4) is 0 Å². The van der Waals surface area contributed by atoms with Gasteiger partial charge in [-0.3, -0.25) is 4.68 Å². The number of hydrogen-bond acceptors (Lipinski definition) is 8. The first-order valence-electron chi connectivity index (χ1n) is 9.00. The van der Waals surface area contributed by atoms with Crippen LogP contribution < -0.4 is 10.6 Å². The van der Waals surface area contributed by atoms with Gasteiger partial charge >= 0.3 is 6.18 Å². The van der Waals surface area contributed by atoms with Crippen LogP contribution in [0.2, 0.25) is 19.6 Å². The van der Waals surface area contributed by atoms with Gasteiger partial charge in [-0.1, -0.05) is 24.9 Å². The maximum atomic E-state index is 12.8. The van der Waals surface area contributed by atoms with Crippen LogP contribution in [-0.2, 0) is 17.5 Å². The molecule has 4 atom stereocenters. The van der Waals surface area contributed by atoms with E-state index in [0.29, 0.717) is 0 Å². The van der Waals surface area contributed by atoms with Gasteiger partial charge in [0.05, 0.1) is 24.5 Å². The van der Waals surface area contributed by atoms with E-state index in [2.05, 4.69) is 45.2 Å². The fraction of sp³-hybridized carbons (Fsp3) is 0.625. The molecule has 1 aliphatic heterocycles. The van der Waals surface area contributed by atoms with Crippen molar-refractivity contribution in [2.45, 2.75) is 56.7 Å². The van der Waals surface area contributed by atoms with Crippen LogP contribution in [-0.4, -0.2) is 74.2 Å². The molecule has 0 saturated carbocycles. The number of nitrogens with one attached hydrogen (secondary N) is 1. The van der Waals surface area contributed by atoms with E-state index in [1.165, 1.54) is 0 Å². The molecule has 13 heteroatoms. The quantitative estimate of drug-likeness (QED) is 0.575. The number of aliphatic hydroxyl groups is 2. The molecule has 0 amide bonds. The van der Waals surface area contributed by atoms with Crippen LogP contribution >= 0.6 is 0 Å². The van der Waals surface area contributed by atoms with Crippen molar-refractivity contribution in [1.29, 1.82) is 0 Å². The normalized spacial score (nSPS) is 25.8. The van der Waals surface area contributed by atoms with Gasteiger partial charge in [0, 0.05) is 12.4 Å². The maximum Gasteiger partial charge on any atom is 0.433 e. The summed E-state index contributed by atoms with van der Waals surface area (Å²) in [6.07, 6.45) is -5.18. The van der Waals surface area contributed by atoms with Crippen LogP contribution in [0.15, 0.2) is 18.5 Å². The van der Waals surface area contributed by atoms with Crippen molar-refractivity contribution in [2.75, 3.05) is 11.9 Å². The van der Waals surface area contributed by atoms with Crippen molar-refractivity contribution in [3.63, 3.8) is 0 Å². The van der Waals surface area contributed by atoms with Gasteiger partial charge in [-0.15, -0.1) is 5.10 Å². The number of aliphatic hydroxyl groups excluding tert-OH is 2. The van der Waals surface area contributed by atoms with E-state index in [-0.39, 0.29) is 19.1 Å². The second-order valence-corrected chi connectivity index (χ2v) is 13.0. The molecule has 3 heterocycles. The van der Waals surface area contributed by atoms with Crippen molar-refractivity contribution < 1.29 is 28.1 Å². The average molecular weight is 432 g/mol. The minimum atomic E-state index is -4.61. The second-order valence-electron chi connectivity index (χ2n) is 7.94. The largest absolute Gasteiger partial charge is 0.433 e. The van der Waals surface area contributed by atoms with E-state index in [4.69, 9.17) is 4.74 Å². The number of nitrogens with zero attached hydrogens (tertiary/aromatic N) is 5. The molecule has 0 unspecified atom stereocenters. The van der Waals surface area contributed by atoms with Crippen LogP contribution in [0, 0.1) is 0 Å². The van der Waals surface area contributed by atoms with Crippen molar-refractivity contribution >= 4 is 19.3 Å². The molecule has 9 nitrogen and oxygen atoms in total. The molecule has 2 aromatic heterocycles. The first kappa shape index (κ1) is 21.6. The molecule has 2 aromatic rings. The number of anilines is 1. The third-order valence-electron chi connectivity index (χ3n) is 4.57. The Bertz CT molecular complexity index is 844. The van der Waals surface area contributed by atoms with Gasteiger partial charge in [0.1, 0.15) is 32.1 Å². The highest BCUT2D eigenvalue weighted by Crippen LogP contribution is 2.28. The molecule has 160 valence electrons. The second kappa shape index (κ2) is 7.97. The molecule has 1 aliphatic rings. The summed E-state index contributed by atoms with van der Waals surface area (Å²) in [6, 6.07) is -0.130. The summed E-state index contributed by atoms with van der Waals surface area (Å²) >= 11 is 0. The van der Waals surface area contributed by atoms with Gasteiger partial charge < -0.3 is 20.3 Å². The van der Waals surface area contributed by atoms with Gasteiger partial charge in [-0.05, 0) is 6.07 Å². The fourth-order valence-electron chi connectivity index (χ4n) is 2.84. The monoisotopic (exact) mass is 432 g/mol. The van der Waals surface area contributed by atoms with Crippen LogP contribution in [0.1, 0.15) is 5.69 Å². The summed E-state index contributed by atoms with van der Waals surface area (Å²) in [4.78, 5) is 7.13. The number of aromatic nitrogens is 5. The smallest absolute Gasteiger partial charge is 0.388 e. The number of ether oxygens (including phenoxy) is 1. The molecule has 3 rings (SSSR count). The number of hydrogen-bond donors (Lipinski definition) is 3.